The number of rotatable bonds is 4. The summed E-state index contributed by atoms with van der Waals surface area (Å²) in [6.45, 7) is 6.07. The highest BCUT2D eigenvalue weighted by molar-refractivity contribution is 5.91. The molecule has 0 atom stereocenters. The Morgan fingerprint density at radius 1 is 0.821 bits per heavy atom. The van der Waals surface area contributed by atoms with Crippen LogP contribution in [0.15, 0.2) is 48.5 Å². The van der Waals surface area contributed by atoms with E-state index in [1.54, 1.807) is 6.08 Å². The zero-order chi connectivity index (χ0) is 19.2. The molecule has 0 bridgehead atoms. The van der Waals surface area contributed by atoms with Crippen LogP contribution in [0.25, 0.3) is 6.08 Å². The highest BCUT2D eigenvalue weighted by atomic mass is 16.5. The standard InChI is InChI=1S/C21H25N5O2/c27-21(9-6-18-4-2-1-3-5-18)26-12-10-24(11-13-26)19-7-8-20(23-22-19)25-14-16-28-17-15-25/h1-9H,10-17H2. The number of amides is 1. The minimum Gasteiger partial charge on any atom is -0.378 e. The Morgan fingerprint density at radius 3 is 2.04 bits per heavy atom. The van der Waals surface area contributed by atoms with Crippen molar-refractivity contribution in [3.8, 4) is 0 Å². The monoisotopic (exact) mass is 379 g/mol. The minimum absolute atomic E-state index is 0.0530. The highest BCUT2D eigenvalue weighted by Crippen LogP contribution is 2.17. The lowest BCUT2D eigenvalue weighted by Crippen LogP contribution is -2.48. The molecule has 28 heavy (non-hydrogen) atoms. The summed E-state index contributed by atoms with van der Waals surface area (Å²) < 4.78 is 5.38. The van der Waals surface area contributed by atoms with Crippen LogP contribution in [0.1, 0.15) is 5.56 Å². The molecule has 2 aromatic rings. The van der Waals surface area contributed by atoms with Gasteiger partial charge >= 0.3 is 0 Å². The summed E-state index contributed by atoms with van der Waals surface area (Å²) >= 11 is 0. The average Bonchev–Trinajstić information content (AvgIpc) is 2.79. The fraction of sp³-hybridized carbons (Fsp3) is 0.381. The lowest BCUT2D eigenvalue weighted by Gasteiger charge is -2.35. The van der Waals surface area contributed by atoms with Gasteiger partial charge in [0.1, 0.15) is 0 Å². The van der Waals surface area contributed by atoms with Gasteiger partial charge in [-0.3, -0.25) is 4.79 Å². The maximum Gasteiger partial charge on any atom is 0.246 e. The Kier molecular flexibility index (Phi) is 5.82. The lowest BCUT2D eigenvalue weighted by atomic mass is 10.2. The molecule has 0 aliphatic carbocycles. The van der Waals surface area contributed by atoms with E-state index >= 15 is 0 Å². The van der Waals surface area contributed by atoms with Crippen molar-refractivity contribution in [1.29, 1.82) is 0 Å². The fourth-order valence-corrected chi connectivity index (χ4v) is 3.44. The van der Waals surface area contributed by atoms with Crippen LogP contribution in [0.4, 0.5) is 11.6 Å². The van der Waals surface area contributed by atoms with E-state index in [-0.39, 0.29) is 5.91 Å². The van der Waals surface area contributed by atoms with Gasteiger partial charge in [-0.05, 0) is 23.8 Å². The molecule has 0 spiro atoms. The molecule has 7 nitrogen and oxygen atoms in total. The van der Waals surface area contributed by atoms with E-state index in [4.69, 9.17) is 4.74 Å². The SMILES string of the molecule is O=C(C=Cc1ccccc1)N1CCN(c2ccc(N3CCOCC3)nn2)CC1. The molecule has 2 saturated heterocycles. The van der Waals surface area contributed by atoms with Crippen molar-refractivity contribution in [3.05, 3.63) is 54.1 Å². The third-order valence-electron chi connectivity index (χ3n) is 5.10. The molecule has 0 radical (unpaired) electrons. The van der Waals surface area contributed by atoms with E-state index < -0.39 is 0 Å². The Balaban J connectivity index is 1.30. The molecular weight excluding hydrogens is 354 g/mol. The van der Waals surface area contributed by atoms with Crippen LogP contribution in [0.3, 0.4) is 0 Å². The first-order valence-electron chi connectivity index (χ1n) is 9.73. The summed E-state index contributed by atoms with van der Waals surface area (Å²) in [5, 5.41) is 8.78. The molecule has 3 heterocycles. The van der Waals surface area contributed by atoms with Gasteiger partial charge in [0.2, 0.25) is 5.91 Å². The van der Waals surface area contributed by atoms with Gasteiger partial charge in [-0.15, -0.1) is 10.2 Å². The number of hydrogen-bond donors (Lipinski definition) is 0. The molecule has 0 saturated carbocycles. The minimum atomic E-state index is 0.0530. The summed E-state index contributed by atoms with van der Waals surface area (Å²) in [6.07, 6.45) is 3.52. The number of aromatic nitrogens is 2. The van der Waals surface area contributed by atoms with E-state index in [2.05, 4.69) is 20.0 Å². The van der Waals surface area contributed by atoms with Crippen molar-refractivity contribution in [2.45, 2.75) is 0 Å². The number of benzene rings is 1. The predicted octanol–water partition coefficient (Wildman–Crippen LogP) is 1.68. The third kappa shape index (κ3) is 4.48. The molecule has 4 rings (SSSR count). The number of hydrogen-bond acceptors (Lipinski definition) is 6. The maximum atomic E-state index is 12.4. The molecule has 1 aromatic carbocycles. The molecular formula is C21H25N5O2. The summed E-state index contributed by atoms with van der Waals surface area (Å²) in [7, 11) is 0. The summed E-state index contributed by atoms with van der Waals surface area (Å²) in [6, 6.07) is 13.9. The van der Waals surface area contributed by atoms with Crippen molar-refractivity contribution in [1.82, 2.24) is 15.1 Å². The van der Waals surface area contributed by atoms with E-state index in [9.17, 15) is 4.79 Å². The van der Waals surface area contributed by atoms with Crippen LogP contribution in [0.5, 0.6) is 0 Å². The van der Waals surface area contributed by atoms with E-state index in [1.807, 2.05) is 53.4 Å². The average molecular weight is 379 g/mol. The van der Waals surface area contributed by atoms with Crippen molar-refractivity contribution in [3.63, 3.8) is 0 Å². The van der Waals surface area contributed by atoms with Gasteiger partial charge < -0.3 is 19.4 Å². The largest absolute Gasteiger partial charge is 0.378 e. The lowest BCUT2D eigenvalue weighted by molar-refractivity contribution is -0.126. The second kappa shape index (κ2) is 8.84. The van der Waals surface area contributed by atoms with Crippen LogP contribution in [0.2, 0.25) is 0 Å². The summed E-state index contributed by atoms with van der Waals surface area (Å²) in [5.41, 5.74) is 1.03. The smallest absolute Gasteiger partial charge is 0.246 e. The van der Waals surface area contributed by atoms with Gasteiger partial charge in [-0.2, -0.15) is 0 Å². The molecule has 2 fully saturated rings. The topological polar surface area (TPSA) is 61.8 Å². The Hall–Kier alpha value is -2.93. The molecule has 2 aliphatic rings. The molecule has 1 aromatic heterocycles. The number of ether oxygens (including phenoxy) is 1. The van der Waals surface area contributed by atoms with Gasteiger partial charge in [0.05, 0.1) is 13.2 Å². The van der Waals surface area contributed by atoms with Crippen LogP contribution in [-0.4, -0.2) is 73.5 Å². The van der Waals surface area contributed by atoms with Crippen molar-refractivity contribution in [2.75, 3.05) is 62.3 Å². The molecule has 7 heteroatoms. The zero-order valence-corrected chi connectivity index (χ0v) is 15.9. The van der Waals surface area contributed by atoms with Gasteiger partial charge in [-0.1, -0.05) is 30.3 Å². The molecule has 1 amide bonds. The number of nitrogens with zero attached hydrogens (tertiary/aromatic N) is 5. The second-order valence-corrected chi connectivity index (χ2v) is 6.91. The van der Waals surface area contributed by atoms with Crippen LogP contribution in [0, 0.1) is 0 Å². The van der Waals surface area contributed by atoms with Crippen molar-refractivity contribution >= 4 is 23.6 Å². The third-order valence-corrected chi connectivity index (χ3v) is 5.10. The normalized spacial score (nSPS) is 17.9. The van der Waals surface area contributed by atoms with E-state index in [1.165, 1.54) is 0 Å². The molecule has 0 unspecified atom stereocenters. The Bertz CT molecular complexity index is 795. The molecule has 2 aliphatic heterocycles. The number of carbonyl (C=O) groups excluding carboxylic acids is 1. The highest BCUT2D eigenvalue weighted by Gasteiger charge is 2.21. The van der Waals surface area contributed by atoms with Gasteiger partial charge in [0.15, 0.2) is 11.6 Å². The van der Waals surface area contributed by atoms with Gasteiger partial charge in [0.25, 0.3) is 0 Å². The number of piperazine rings is 1. The van der Waals surface area contributed by atoms with Crippen LogP contribution < -0.4 is 9.80 Å². The fourth-order valence-electron chi connectivity index (χ4n) is 3.44. The van der Waals surface area contributed by atoms with E-state index in [0.717, 1.165) is 56.6 Å². The summed E-state index contributed by atoms with van der Waals surface area (Å²) in [5.74, 6) is 1.81. The van der Waals surface area contributed by atoms with Crippen molar-refractivity contribution in [2.24, 2.45) is 0 Å². The second-order valence-electron chi connectivity index (χ2n) is 6.91. The number of morpholine rings is 1. The van der Waals surface area contributed by atoms with Gasteiger partial charge in [-0.25, -0.2) is 0 Å². The first kappa shape index (κ1) is 18.4. The Morgan fingerprint density at radius 2 is 1.43 bits per heavy atom. The predicted molar refractivity (Wildman–Crippen MR) is 109 cm³/mol. The Labute approximate surface area is 165 Å². The molecule has 146 valence electrons. The molecule has 0 N–H and O–H groups in total. The first-order valence-corrected chi connectivity index (χ1v) is 9.73. The number of carbonyl (C=O) groups is 1. The summed E-state index contributed by atoms with van der Waals surface area (Å²) in [4.78, 5) is 18.7. The van der Waals surface area contributed by atoms with Gasteiger partial charge in [0, 0.05) is 45.3 Å². The van der Waals surface area contributed by atoms with Crippen LogP contribution in [-0.2, 0) is 9.53 Å². The number of anilines is 2. The quantitative estimate of drug-likeness (QED) is 0.754. The first-order chi connectivity index (χ1) is 13.8. The maximum absolute atomic E-state index is 12.4. The zero-order valence-electron chi connectivity index (χ0n) is 15.9. The van der Waals surface area contributed by atoms with E-state index in [0.29, 0.717) is 13.1 Å². The van der Waals surface area contributed by atoms with Crippen LogP contribution >= 0.6 is 0 Å². The van der Waals surface area contributed by atoms with Crippen molar-refractivity contribution < 1.29 is 9.53 Å².